The topological polar surface area (TPSA) is 114 Å². The van der Waals surface area contributed by atoms with Gasteiger partial charge in [-0.05, 0) is 37.6 Å². The second-order valence-electron chi connectivity index (χ2n) is 7.94. The molecule has 0 fully saturated rings. The van der Waals surface area contributed by atoms with Crippen LogP contribution in [-0.2, 0) is 37.8 Å². The number of ether oxygens (including phenoxy) is 2. The van der Waals surface area contributed by atoms with E-state index in [-0.39, 0.29) is 25.1 Å². The number of aryl methyl sites for hydroxylation is 1. The van der Waals surface area contributed by atoms with Gasteiger partial charge in [0.2, 0.25) is 5.60 Å². The highest BCUT2D eigenvalue weighted by Crippen LogP contribution is 2.40. The van der Waals surface area contributed by atoms with Gasteiger partial charge in [0.05, 0.1) is 35.6 Å². The van der Waals surface area contributed by atoms with Crippen molar-refractivity contribution in [1.29, 1.82) is 0 Å². The molecule has 1 unspecified atom stereocenters. The van der Waals surface area contributed by atoms with E-state index < -0.39 is 17.5 Å². The molecule has 1 aromatic carbocycles. The van der Waals surface area contributed by atoms with Crippen LogP contribution in [0.2, 0.25) is 0 Å². The fraction of sp³-hybridized carbons (Fsp3) is 0.304. The van der Waals surface area contributed by atoms with Gasteiger partial charge in [-0.3, -0.25) is 9.59 Å². The number of hydrogen-bond acceptors (Lipinski definition) is 7. The number of carbonyl (C=O) groups is 2. The fourth-order valence-corrected chi connectivity index (χ4v) is 4.50. The third-order valence-electron chi connectivity index (χ3n) is 6.09. The molecule has 8 heteroatoms. The molecule has 0 spiro atoms. The summed E-state index contributed by atoms with van der Waals surface area (Å²) in [5, 5.41) is 1.00. The molecule has 158 valence electrons. The van der Waals surface area contributed by atoms with Gasteiger partial charge in [0.15, 0.2) is 0 Å². The molecular formula is C23H21N3O5. The third-order valence-corrected chi connectivity index (χ3v) is 6.09. The number of nitrogens with two attached hydrogens (primary N) is 1. The smallest absolute Gasteiger partial charge is 0.355 e. The van der Waals surface area contributed by atoms with Crippen LogP contribution in [0.5, 0.6) is 0 Å². The summed E-state index contributed by atoms with van der Waals surface area (Å²) in [6.45, 7) is 3.55. The van der Waals surface area contributed by atoms with E-state index >= 15 is 0 Å². The minimum Gasteiger partial charge on any atom is -0.457 e. The van der Waals surface area contributed by atoms with Gasteiger partial charge in [0, 0.05) is 16.5 Å². The van der Waals surface area contributed by atoms with Crippen molar-refractivity contribution in [2.24, 2.45) is 5.73 Å². The molecule has 0 saturated carbocycles. The quantitative estimate of drug-likeness (QED) is 0.505. The first-order valence-electron chi connectivity index (χ1n) is 10.1. The van der Waals surface area contributed by atoms with E-state index in [2.05, 4.69) is 6.07 Å². The average molecular weight is 419 g/mol. The van der Waals surface area contributed by atoms with Crippen molar-refractivity contribution in [3.05, 3.63) is 62.9 Å². The number of pyridine rings is 2. The van der Waals surface area contributed by atoms with Crippen LogP contribution in [0.25, 0.3) is 22.3 Å². The molecule has 2 N–H and O–H groups in total. The van der Waals surface area contributed by atoms with Crippen LogP contribution in [-0.4, -0.2) is 28.0 Å². The van der Waals surface area contributed by atoms with Crippen molar-refractivity contribution in [3.63, 3.8) is 0 Å². The fourth-order valence-electron chi connectivity index (χ4n) is 4.50. The summed E-state index contributed by atoms with van der Waals surface area (Å²) in [4.78, 5) is 43.0. The Morgan fingerprint density at radius 1 is 1.29 bits per heavy atom. The first kappa shape index (κ1) is 19.4. The molecule has 0 bridgehead atoms. The van der Waals surface area contributed by atoms with Crippen LogP contribution >= 0.6 is 0 Å². The summed E-state index contributed by atoms with van der Waals surface area (Å²) in [6.07, 6.45) is 0.116. The largest absolute Gasteiger partial charge is 0.457 e. The van der Waals surface area contributed by atoms with E-state index in [9.17, 15) is 14.4 Å². The zero-order chi connectivity index (χ0) is 21.9. The number of aromatic nitrogens is 2. The van der Waals surface area contributed by atoms with Gasteiger partial charge in [-0.15, -0.1) is 0 Å². The Morgan fingerprint density at radius 2 is 2.10 bits per heavy atom. The van der Waals surface area contributed by atoms with Gasteiger partial charge < -0.3 is 19.8 Å². The SMILES string of the molecule is CCC1(OC(=O)CN)C(=O)OCc2c1cc1n(c2=O)Cc2cc3cc(C)ccc3nc2-1. The predicted molar refractivity (Wildman–Crippen MR) is 112 cm³/mol. The normalized spacial score (nSPS) is 18.9. The first-order valence-corrected chi connectivity index (χ1v) is 10.1. The second kappa shape index (κ2) is 6.75. The summed E-state index contributed by atoms with van der Waals surface area (Å²) in [6, 6.07) is 9.77. The molecule has 2 aliphatic heterocycles. The molecule has 0 aliphatic carbocycles. The zero-order valence-corrected chi connectivity index (χ0v) is 17.2. The summed E-state index contributed by atoms with van der Waals surface area (Å²) in [7, 11) is 0. The van der Waals surface area contributed by atoms with Crippen LogP contribution in [0.3, 0.4) is 0 Å². The van der Waals surface area contributed by atoms with Crippen molar-refractivity contribution in [3.8, 4) is 11.4 Å². The maximum Gasteiger partial charge on any atom is 0.355 e. The number of nitrogens with zero attached hydrogens (tertiary/aromatic N) is 2. The van der Waals surface area contributed by atoms with Gasteiger partial charge >= 0.3 is 11.9 Å². The lowest BCUT2D eigenvalue weighted by Crippen LogP contribution is -2.48. The number of cyclic esters (lactones) is 1. The Kier molecular flexibility index (Phi) is 4.23. The molecule has 0 amide bonds. The van der Waals surface area contributed by atoms with Crippen molar-refractivity contribution in [1.82, 2.24) is 9.55 Å². The maximum atomic E-state index is 13.4. The van der Waals surface area contributed by atoms with Crippen molar-refractivity contribution >= 4 is 22.8 Å². The van der Waals surface area contributed by atoms with E-state index in [0.717, 1.165) is 22.0 Å². The van der Waals surface area contributed by atoms with Crippen molar-refractivity contribution in [2.75, 3.05) is 6.54 Å². The lowest BCUT2D eigenvalue weighted by Gasteiger charge is -2.35. The number of hydrogen-bond donors (Lipinski definition) is 1. The average Bonchev–Trinajstić information content (AvgIpc) is 3.12. The van der Waals surface area contributed by atoms with Gasteiger partial charge in [0.1, 0.15) is 6.61 Å². The van der Waals surface area contributed by atoms with E-state index in [1.807, 2.05) is 25.1 Å². The Morgan fingerprint density at radius 3 is 2.84 bits per heavy atom. The summed E-state index contributed by atoms with van der Waals surface area (Å²) >= 11 is 0. The van der Waals surface area contributed by atoms with Crippen molar-refractivity contribution < 1.29 is 19.1 Å². The highest BCUT2D eigenvalue weighted by atomic mass is 16.6. The van der Waals surface area contributed by atoms with Crippen LogP contribution in [0, 0.1) is 6.92 Å². The van der Waals surface area contributed by atoms with Gasteiger partial charge in [0.25, 0.3) is 5.56 Å². The minimum atomic E-state index is -1.70. The Hall–Kier alpha value is -3.52. The number of fused-ring (bicyclic) bond motifs is 5. The molecule has 4 heterocycles. The molecule has 2 aliphatic rings. The standard InChI is InChI=1S/C23H21N3O5/c1-3-23(31-19(27)9-24)16-8-18-20-14(7-13-6-12(2)4-5-17(13)25-20)10-26(18)21(28)15(16)11-30-22(23)29/h4-8H,3,9-11,24H2,1-2H3. The van der Waals surface area contributed by atoms with Gasteiger partial charge in [-0.1, -0.05) is 18.6 Å². The van der Waals surface area contributed by atoms with Gasteiger partial charge in [-0.2, -0.15) is 0 Å². The van der Waals surface area contributed by atoms with Crippen LogP contribution in [0.1, 0.15) is 35.6 Å². The summed E-state index contributed by atoms with van der Waals surface area (Å²) < 4.78 is 12.4. The summed E-state index contributed by atoms with van der Waals surface area (Å²) in [5.41, 5.74) is 8.24. The highest BCUT2D eigenvalue weighted by Gasteiger charge is 2.50. The zero-order valence-electron chi connectivity index (χ0n) is 17.2. The molecule has 1 atom stereocenters. The molecule has 0 radical (unpaired) electrons. The number of esters is 2. The monoisotopic (exact) mass is 419 g/mol. The van der Waals surface area contributed by atoms with Gasteiger partial charge in [-0.25, -0.2) is 9.78 Å². The van der Waals surface area contributed by atoms with E-state index in [1.165, 1.54) is 0 Å². The third kappa shape index (κ3) is 2.71. The molecule has 8 nitrogen and oxygen atoms in total. The molecule has 31 heavy (non-hydrogen) atoms. The van der Waals surface area contributed by atoms with Crippen molar-refractivity contribution in [2.45, 2.75) is 39.0 Å². The van der Waals surface area contributed by atoms with Crippen LogP contribution in [0.15, 0.2) is 35.1 Å². The van der Waals surface area contributed by atoms with E-state index in [4.69, 9.17) is 20.2 Å². The van der Waals surface area contributed by atoms with E-state index in [1.54, 1.807) is 17.6 Å². The number of benzene rings is 1. The first-order chi connectivity index (χ1) is 14.9. The maximum absolute atomic E-state index is 13.4. The van der Waals surface area contributed by atoms with Crippen LogP contribution in [0.4, 0.5) is 0 Å². The lowest BCUT2D eigenvalue weighted by atomic mass is 9.85. The molecular weight excluding hydrogens is 398 g/mol. The van der Waals surface area contributed by atoms with E-state index in [0.29, 0.717) is 29.1 Å². The summed E-state index contributed by atoms with van der Waals surface area (Å²) in [5.74, 6) is -1.44. The Labute approximate surface area is 177 Å². The lowest BCUT2D eigenvalue weighted by molar-refractivity contribution is -0.188. The van der Waals surface area contributed by atoms with Crippen LogP contribution < -0.4 is 11.3 Å². The second-order valence-corrected chi connectivity index (χ2v) is 7.94. The Bertz CT molecular complexity index is 1340. The molecule has 5 rings (SSSR count). The Balaban J connectivity index is 1.76. The molecule has 0 saturated heterocycles. The number of rotatable bonds is 3. The minimum absolute atomic E-state index is 0.116. The molecule has 2 aromatic heterocycles. The predicted octanol–water partition coefficient (Wildman–Crippen LogP) is 1.90. The number of carbonyl (C=O) groups excluding carboxylic acids is 2. The molecule has 3 aromatic rings. The highest BCUT2D eigenvalue weighted by molar-refractivity contribution is 5.88.